The summed E-state index contributed by atoms with van der Waals surface area (Å²) in [6.07, 6.45) is 5.10. The number of ether oxygens (including phenoxy) is 2. The van der Waals surface area contributed by atoms with E-state index in [1.807, 2.05) is 64.1 Å². The van der Waals surface area contributed by atoms with Crippen molar-refractivity contribution in [1.29, 1.82) is 0 Å². The van der Waals surface area contributed by atoms with E-state index in [9.17, 15) is 9.90 Å². The van der Waals surface area contributed by atoms with E-state index in [0.29, 0.717) is 34.3 Å². The van der Waals surface area contributed by atoms with E-state index >= 15 is 0 Å². The number of anilines is 1. The van der Waals surface area contributed by atoms with Gasteiger partial charge in [-0.3, -0.25) is 9.97 Å². The molecule has 0 radical (unpaired) electrons. The van der Waals surface area contributed by atoms with Gasteiger partial charge in [0.05, 0.1) is 29.8 Å². The highest BCUT2D eigenvalue weighted by molar-refractivity contribution is 6.30. The maximum atomic E-state index is 12.6. The molecule has 0 bridgehead atoms. The summed E-state index contributed by atoms with van der Waals surface area (Å²) in [4.78, 5) is 24.2. The summed E-state index contributed by atoms with van der Waals surface area (Å²) >= 11 is 5.98. The van der Waals surface area contributed by atoms with Crippen LogP contribution in [0.3, 0.4) is 0 Å². The van der Waals surface area contributed by atoms with E-state index < -0.39 is 17.7 Å². The number of benzene rings is 1. The van der Waals surface area contributed by atoms with Gasteiger partial charge in [-0.05, 0) is 75.8 Å². The third kappa shape index (κ3) is 7.52. The Kier molecular flexibility index (Phi) is 9.06. The molecule has 1 N–H and O–H groups in total. The Hall–Kier alpha value is -3.16. The maximum Gasteiger partial charge on any atom is 0.337 e. The van der Waals surface area contributed by atoms with E-state index in [4.69, 9.17) is 26.1 Å². The topological polar surface area (TPSA) is 84.8 Å². The minimum absolute atomic E-state index is 0.232. The van der Waals surface area contributed by atoms with Gasteiger partial charge in [0.15, 0.2) is 6.10 Å². The van der Waals surface area contributed by atoms with E-state index in [0.717, 1.165) is 49.2 Å². The predicted octanol–water partition coefficient (Wildman–Crippen LogP) is 7.29. The highest BCUT2D eigenvalue weighted by Crippen LogP contribution is 2.43. The highest BCUT2D eigenvalue weighted by atomic mass is 35.5. The van der Waals surface area contributed by atoms with Crippen LogP contribution in [0, 0.1) is 12.3 Å². The second-order valence-corrected chi connectivity index (χ2v) is 12.7. The summed E-state index contributed by atoms with van der Waals surface area (Å²) in [6.45, 7) is 14.1. The highest BCUT2D eigenvalue weighted by Gasteiger charge is 2.36. The second kappa shape index (κ2) is 12.1. The smallest absolute Gasteiger partial charge is 0.337 e. The number of aryl methyl sites for hydroxylation is 1. The Morgan fingerprint density at radius 2 is 1.75 bits per heavy atom. The lowest BCUT2D eigenvalue weighted by Gasteiger charge is -2.40. The number of rotatable bonds is 9. The van der Waals surface area contributed by atoms with Crippen molar-refractivity contribution in [2.45, 2.75) is 72.5 Å². The number of halogens is 1. The van der Waals surface area contributed by atoms with Crippen molar-refractivity contribution in [1.82, 2.24) is 9.97 Å². The Bertz CT molecular complexity index is 1310. The van der Waals surface area contributed by atoms with Crippen molar-refractivity contribution in [3.05, 3.63) is 70.6 Å². The molecule has 7 nitrogen and oxygen atoms in total. The molecule has 1 saturated heterocycles. The first-order valence-corrected chi connectivity index (χ1v) is 14.2. The lowest BCUT2D eigenvalue weighted by molar-refractivity contribution is -0.160. The van der Waals surface area contributed by atoms with Crippen molar-refractivity contribution >= 4 is 23.3 Å². The predicted molar refractivity (Wildman–Crippen MR) is 159 cm³/mol. The molecule has 2 aromatic heterocycles. The number of pyridine rings is 2. The summed E-state index contributed by atoms with van der Waals surface area (Å²) in [5, 5.41) is 11.0. The van der Waals surface area contributed by atoms with Gasteiger partial charge in [0.25, 0.3) is 0 Å². The first kappa shape index (κ1) is 29.8. The molecule has 1 fully saturated rings. The zero-order valence-corrected chi connectivity index (χ0v) is 25.1. The van der Waals surface area contributed by atoms with E-state index in [1.54, 1.807) is 12.4 Å². The summed E-state index contributed by atoms with van der Waals surface area (Å²) in [7, 11) is 0. The van der Waals surface area contributed by atoms with E-state index in [-0.39, 0.29) is 5.41 Å². The molecule has 3 aromatic rings. The van der Waals surface area contributed by atoms with Crippen molar-refractivity contribution in [2.24, 2.45) is 5.41 Å². The average molecular weight is 566 g/mol. The van der Waals surface area contributed by atoms with Crippen molar-refractivity contribution < 1.29 is 19.4 Å². The SMILES string of the molecule is Cc1ncc(-c2ccc(OCCc3ccc(Cl)cc3)cn2)c(N2CCC(C)(C)CC2)c1[C@H](OC(C)(C)C)C(=O)O. The fourth-order valence-electron chi connectivity index (χ4n) is 4.94. The molecule has 0 amide bonds. The van der Waals surface area contributed by atoms with Gasteiger partial charge < -0.3 is 19.5 Å². The van der Waals surface area contributed by atoms with Crippen LogP contribution in [0.25, 0.3) is 11.3 Å². The first-order valence-electron chi connectivity index (χ1n) is 13.8. The minimum Gasteiger partial charge on any atom is -0.492 e. The summed E-state index contributed by atoms with van der Waals surface area (Å²) in [6, 6.07) is 11.5. The lowest BCUT2D eigenvalue weighted by Crippen LogP contribution is -2.39. The monoisotopic (exact) mass is 565 g/mol. The third-order valence-corrected chi connectivity index (χ3v) is 7.52. The second-order valence-electron chi connectivity index (χ2n) is 12.2. The zero-order chi connectivity index (χ0) is 29.1. The first-order chi connectivity index (χ1) is 18.8. The quantitative estimate of drug-likeness (QED) is 0.291. The van der Waals surface area contributed by atoms with Gasteiger partial charge in [0, 0.05) is 47.6 Å². The standard InChI is InChI=1S/C32H40ClN3O4/c1-21-27(29(30(37)38)40-31(2,3)4)28(36-16-14-32(5,6)15-17-36)25(20-34-21)26-12-11-24(19-35-26)39-18-13-22-7-9-23(33)10-8-22/h7-12,19-20,29H,13-18H2,1-6H3,(H,37,38)/t29-/m0/s1. The fraction of sp³-hybridized carbons (Fsp3) is 0.469. The number of carbonyl (C=O) groups is 1. The number of carboxylic acid groups (broad SMARTS) is 1. The van der Waals surface area contributed by atoms with Gasteiger partial charge in [-0.15, -0.1) is 0 Å². The van der Waals surface area contributed by atoms with Crippen LogP contribution in [0.1, 0.15) is 70.4 Å². The molecule has 0 saturated carbocycles. The van der Waals surface area contributed by atoms with Gasteiger partial charge in [-0.2, -0.15) is 0 Å². The molecular formula is C32H40ClN3O4. The molecule has 214 valence electrons. The lowest BCUT2D eigenvalue weighted by atomic mass is 9.82. The number of nitrogens with zero attached hydrogens (tertiary/aromatic N) is 3. The molecule has 40 heavy (non-hydrogen) atoms. The Morgan fingerprint density at radius 3 is 2.33 bits per heavy atom. The molecule has 1 atom stereocenters. The molecule has 1 aliphatic rings. The molecule has 1 aromatic carbocycles. The Morgan fingerprint density at radius 1 is 1.07 bits per heavy atom. The number of carboxylic acids is 1. The Balaban J connectivity index is 1.67. The minimum atomic E-state index is -1.16. The zero-order valence-electron chi connectivity index (χ0n) is 24.3. The average Bonchev–Trinajstić information content (AvgIpc) is 2.88. The molecular weight excluding hydrogens is 526 g/mol. The van der Waals surface area contributed by atoms with Crippen LogP contribution in [0.15, 0.2) is 48.8 Å². The number of piperidine rings is 1. The van der Waals surface area contributed by atoms with Crippen LogP contribution in [0.4, 0.5) is 5.69 Å². The summed E-state index contributed by atoms with van der Waals surface area (Å²) < 4.78 is 12.1. The summed E-state index contributed by atoms with van der Waals surface area (Å²) in [5.74, 6) is -0.369. The van der Waals surface area contributed by atoms with Crippen LogP contribution in [-0.4, -0.2) is 46.3 Å². The third-order valence-electron chi connectivity index (χ3n) is 7.26. The van der Waals surface area contributed by atoms with Gasteiger partial charge in [-0.1, -0.05) is 37.6 Å². The van der Waals surface area contributed by atoms with Crippen LogP contribution in [0.5, 0.6) is 5.75 Å². The van der Waals surface area contributed by atoms with Crippen LogP contribution < -0.4 is 9.64 Å². The van der Waals surface area contributed by atoms with Crippen molar-refractivity contribution in [3.8, 4) is 17.0 Å². The number of hydrogen-bond donors (Lipinski definition) is 1. The fourth-order valence-corrected chi connectivity index (χ4v) is 5.06. The molecule has 0 spiro atoms. The van der Waals surface area contributed by atoms with Crippen LogP contribution in [-0.2, 0) is 16.0 Å². The number of hydrogen-bond acceptors (Lipinski definition) is 6. The van der Waals surface area contributed by atoms with E-state index in [1.165, 1.54) is 0 Å². The Labute approximate surface area is 242 Å². The molecule has 1 aliphatic heterocycles. The van der Waals surface area contributed by atoms with Gasteiger partial charge >= 0.3 is 5.97 Å². The molecule has 0 aliphatic carbocycles. The number of aromatic nitrogens is 2. The molecule has 0 unspecified atom stereocenters. The summed E-state index contributed by atoms with van der Waals surface area (Å²) in [5.41, 5.74) is 4.28. The van der Waals surface area contributed by atoms with Crippen LogP contribution in [0.2, 0.25) is 5.02 Å². The largest absolute Gasteiger partial charge is 0.492 e. The maximum absolute atomic E-state index is 12.6. The number of aliphatic carboxylic acids is 1. The van der Waals surface area contributed by atoms with Gasteiger partial charge in [-0.25, -0.2) is 4.79 Å². The normalized spacial score (nSPS) is 16.0. The van der Waals surface area contributed by atoms with Gasteiger partial charge in [0.2, 0.25) is 0 Å². The van der Waals surface area contributed by atoms with Crippen molar-refractivity contribution in [2.75, 3.05) is 24.6 Å². The van der Waals surface area contributed by atoms with E-state index in [2.05, 4.69) is 23.7 Å². The van der Waals surface area contributed by atoms with Crippen LogP contribution >= 0.6 is 11.6 Å². The molecule has 4 rings (SSSR count). The molecule has 3 heterocycles. The van der Waals surface area contributed by atoms with Crippen molar-refractivity contribution in [3.63, 3.8) is 0 Å². The molecule has 8 heteroatoms. The van der Waals surface area contributed by atoms with Gasteiger partial charge in [0.1, 0.15) is 5.75 Å².